The number of nitrogens with two attached hydrogens (primary N) is 1. The number of carboxylic acid groups (broad SMARTS) is 1. The highest BCUT2D eigenvalue weighted by Gasteiger charge is 2.57. The fourth-order valence-corrected chi connectivity index (χ4v) is 8.17. The average Bonchev–Trinajstić information content (AvgIpc) is 3.20. The highest BCUT2D eigenvalue weighted by atomic mass is 32.3. The first-order chi connectivity index (χ1) is 30.2. The zero-order chi connectivity index (χ0) is 48.8. The predicted octanol–water partition coefficient (Wildman–Crippen LogP) is -6.33. The summed E-state index contributed by atoms with van der Waals surface area (Å²) in [4.78, 5) is 23.4. The Bertz CT molecular complexity index is 1880. The lowest BCUT2D eigenvalue weighted by Gasteiger charge is -2.49. The van der Waals surface area contributed by atoms with Crippen LogP contribution in [0.1, 0.15) is 33.1 Å². The first kappa shape index (κ1) is 55.5. The molecule has 0 bridgehead atoms. The van der Waals surface area contributed by atoms with E-state index in [4.69, 9.17) is 48.4 Å². The number of ether oxygens (including phenoxy) is 9. The van der Waals surface area contributed by atoms with E-state index in [2.05, 4.69) is 12.5 Å². The number of rotatable bonds is 23. The third-order valence-electron chi connectivity index (χ3n) is 10.4. The van der Waals surface area contributed by atoms with E-state index in [0.29, 0.717) is 25.8 Å². The molecule has 4 heterocycles. The van der Waals surface area contributed by atoms with E-state index in [0.717, 1.165) is 6.92 Å². The molecule has 65 heavy (non-hydrogen) atoms. The van der Waals surface area contributed by atoms with Crippen molar-refractivity contribution in [3.63, 3.8) is 0 Å². The van der Waals surface area contributed by atoms with Gasteiger partial charge < -0.3 is 84.1 Å². The molecule has 380 valence electrons. The Kier molecular flexibility index (Phi) is 20.1. The molecule has 0 radical (unpaired) electrons. The zero-order valence-corrected chi connectivity index (χ0v) is 36.5. The van der Waals surface area contributed by atoms with Crippen molar-refractivity contribution in [2.45, 2.75) is 144 Å². The smallest absolute Gasteiger partial charge is 0.397 e. The number of hydrogen-bond donors (Lipinski definition) is 11. The van der Waals surface area contributed by atoms with Crippen LogP contribution in [0.25, 0.3) is 0 Å². The highest BCUT2D eigenvalue weighted by Crippen LogP contribution is 2.38. The van der Waals surface area contributed by atoms with E-state index in [9.17, 15) is 84.2 Å². The summed E-state index contributed by atoms with van der Waals surface area (Å²) in [7, 11) is -16.1. The molecule has 12 N–H and O–H groups in total. The molecule has 0 aromatic carbocycles. The molecule has 4 aliphatic rings. The van der Waals surface area contributed by atoms with Gasteiger partial charge in [-0.3, -0.25) is 18.5 Å². The van der Waals surface area contributed by atoms with Gasteiger partial charge in [-0.2, -0.15) is 25.3 Å². The fraction of sp³-hybridized carbons (Fsp3) is 0.935. The van der Waals surface area contributed by atoms with Crippen LogP contribution in [0.15, 0.2) is 0 Å². The number of aliphatic hydroxyl groups is 6. The molecular weight excluding hydrogens is 963 g/mol. The normalized spacial score (nSPS) is 40.9. The Balaban J connectivity index is 1.63. The van der Waals surface area contributed by atoms with Gasteiger partial charge in [-0.05, 0) is 25.8 Å². The number of unbranched alkanes of at least 4 members (excludes halogenated alkanes) is 2. The van der Waals surface area contributed by atoms with Crippen LogP contribution in [-0.4, -0.2) is 224 Å². The van der Waals surface area contributed by atoms with Gasteiger partial charge in [0.15, 0.2) is 43.5 Å². The monoisotopic (exact) mass is 1020 g/mol. The van der Waals surface area contributed by atoms with E-state index in [1.165, 1.54) is 6.92 Å². The number of aliphatic carboxylic acids is 1. The van der Waals surface area contributed by atoms with Crippen molar-refractivity contribution < 1.29 is 139 Å². The summed E-state index contributed by atoms with van der Waals surface area (Å²) in [6.07, 6.45) is -35.7. The zero-order valence-electron chi connectivity index (χ0n) is 34.0. The topological polar surface area (TPSA) is 476 Å². The van der Waals surface area contributed by atoms with Gasteiger partial charge in [-0.1, -0.05) is 13.8 Å². The summed E-state index contributed by atoms with van der Waals surface area (Å²) >= 11 is 0. The van der Waals surface area contributed by atoms with Crippen LogP contribution in [0, 0.1) is 11.8 Å². The maximum absolute atomic E-state index is 12.1. The first-order valence-corrected chi connectivity index (χ1v) is 23.5. The van der Waals surface area contributed by atoms with Crippen LogP contribution >= 0.6 is 0 Å². The summed E-state index contributed by atoms with van der Waals surface area (Å²) in [6, 6.07) is 0. The molecule has 0 saturated carbocycles. The molecule has 4 rings (SSSR count). The summed E-state index contributed by atoms with van der Waals surface area (Å²) in [5, 5.41) is 74.6. The lowest BCUT2D eigenvalue weighted by atomic mass is 9.91. The van der Waals surface area contributed by atoms with Crippen LogP contribution < -0.4 is 5.73 Å². The molecule has 4 aliphatic heterocycles. The Morgan fingerprint density at radius 1 is 0.585 bits per heavy atom. The fourth-order valence-electron chi connectivity index (χ4n) is 7.07. The maximum atomic E-state index is 12.1. The SMILES string of the molecule is CC1C(O)[C@H](O[C@@H]2O[C@@H](OC=O)[C@@H](O[C@H]3OC(COS(=O)(=O)O)[C@@H](O[C@@H]4OC(C(=O)O)[C@@H](O)[C@H](O)C4O)[C@H](O)C3C)C(O)C2OS(=O)(=O)O)[C@H](COS(=O)(=O)O)O[C@@H]1OCCCCCN. The first-order valence-electron chi connectivity index (χ1n) is 19.4. The molecule has 0 aromatic rings. The van der Waals surface area contributed by atoms with Crippen molar-refractivity contribution in [2.24, 2.45) is 17.6 Å². The van der Waals surface area contributed by atoms with Gasteiger partial charge in [0, 0.05) is 18.4 Å². The summed E-state index contributed by atoms with van der Waals surface area (Å²) in [6.45, 7) is 0.356. The lowest BCUT2D eigenvalue weighted by molar-refractivity contribution is -0.396. The molecule has 0 amide bonds. The van der Waals surface area contributed by atoms with Crippen molar-refractivity contribution in [3.05, 3.63) is 0 Å². The van der Waals surface area contributed by atoms with Crippen LogP contribution in [0.4, 0.5) is 0 Å². The summed E-state index contributed by atoms with van der Waals surface area (Å²) in [5.41, 5.74) is 5.50. The standard InChI is InChI=1S/C31H53NO30S3/c1-11-15(34)22(13(8-53-63(42,43)44)55-27(11)51-7-5-3-4-6-32)58-31-25(62-65(48,49)50)20(39)24(30(61-31)52-10-33)60-28-12(2)16(35)21(14(56-28)9-54-64(45,46)47)57-29-19(38)17(36)18(37)23(59-29)26(40)41/h10-25,27-31,34-39H,3-9,32H2,1-2H3,(H,40,41)(H,42,43,44)(H,45,46,47)(H,48,49,50)/t11?,12?,13-,14?,15?,16+,17-,18-,19?,20?,21+,22+,23?,24-,25?,27-,28+,29+,30+,31+/m0/s1. The van der Waals surface area contributed by atoms with Gasteiger partial charge in [-0.15, -0.1) is 0 Å². The maximum Gasteiger partial charge on any atom is 0.397 e. The minimum atomic E-state index is -5.63. The molecule has 8 unspecified atom stereocenters. The number of aliphatic hydroxyl groups excluding tert-OH is 6. The second-order valence-electron chi connectivity index (χ2n) is 15.1. The van der Waals surface area contributed by atoms with Gasteiger partial charge in [0.05, 0.1) is 25.4 Å². The third kappa shape index (κ3) is 15.2. The van der Waals surface area contributed by atoms with Crippen molar-refractivity contribution >= 4 is 43.6 Å². The van der Waals surface area contributed by atoms with Crippen molar-refractivity contribution in [1.29, 1.82) is 0 Å². The largest absolute Gasteiger partial charge is 0.479 e. The van der Waals surface area contributed by atoms with Crippen molar-refractivity contribution in [3.8, 4) is 0 Å². The third-order valence-corrected chi connectivity index (χ3v) is 11.8. The van der Waals surface area contributed by atoms with E-state index in [1.807, 2.05) is 0 Å². The molecule has 0 aliphatic carbocycles. The van der Waals surface area contributed by atoms with E-state index >= 15 is 0 Å². The van der Waals surface area contributed by atoms with Crippen LogP contribution in [0.3, 0.4) is 0 Å². The number of carbonyl (C=O) groups is 2. The lowest BCUT2D eigenvalue weighted by Crippen LogP contribution is -2.66. The van der Waals surface area contributed by atoms with Gasteiger partial charge in [0.25, 0.3) is 6.47 Å². The molecule has 4 saturated heterocycles. The Morgan fingerprint density at radius 2 is 1.11 bits per heavy atom. The molecule has 20 atom stereocenters. The Morgan fingerprint density at radius 3 is 1.62 bits per heavy atom. The molecule has 34 heteroatoms. The number of hydrogen-bond acceptors (Lipinski definition) is 27. The average molecular weight is 1020 g/mol. The van der Waals surface area contributed by atoms with Gasteiger partial charge in [0.2, 0.25) is 6.29 Å². The van der Waals surface area contributed by atoms with Crippen molar-refractivity contribution in [1.82, 2.24) is 0 Å². The number of carbonyl (C=O) groups excluding carboxylic acids is 1. The molecule has 0 spiro atoms. The molecular formula is C31H53NO30S3. The minimum absolute atomic E-state index is 0.0657. The van der Waals surface area contributed by atoms with Crippen molar-refractivity contribution in [2.75, 3.05) is 26.4 Å². The van der Waals surface area contributed by atoms with Gasteiger partial charge >= 0.3 is 37.2 Å². The summed E-state index contributed by atoms with van der Waals surface area (Å²) < 4.78 is 162. The molecule has 0 aromatic heterocycles. The molecule has 31 nitrogen and oxygen atoms in total. The Labute approximate surface area is 370 Å². The second-order valence-corrected chi connectivity index (χ2v) is 18.3. The second kappa shape index (κ2) is 23.5. The van der Waals surface area contributed by atoms with Crippen LogP contribution in [0.5, 0.6) is 0 Å². The van der Waals surface area contributed by atoms with Crippen LogP contribution in [-0.2, 0) is 96.0 Å². The number of carboxylic acids is 1. The van der Waals surface area contributed by atoms with Gasteiger partial charge in [0.1, 0.15) is 48.8 Å². The molecule has 4 fully saturated rings. The van der Waals surface area contributed by atoms with Crippen LogP contribution in [0.2, 0.25) is 0 Å². The quantitative estimate of drug-likeness (QED) is 0.0258. The van der Waals surface area contributed by atoms with Gasteiger partial charge in [-0.25, -0.2) is 17.3 Å². The van der Waals surface area contributed by atoms with E-state index < -0.39 is 173 Å². The highest BCUT2D eigenvalue weighted by molar-refractivity contribution is 7.81. The van der Waals surface area contributed by atoms with E-state index in [1.54, 1.807) is 0 Å². The Hall–Kier alpha value is -2.05. The predicted molar refractivity (Wildman–Crippen MR) is 199 cm³/mol. The van der Waals surface area contributed by atoms with E-state index in [-0.39, 0.29) is 13.1 Å². The summed E-state index contributed by atoms with van der Waals surface area (Å²) in [5.74, 6) is -4.38. The minimum Gasteiger partial charge on any atom is -0.479 e.